The van der Waals surface area contributed by atoms with Crippen LogP contribution < -0.4 is 14.8 Å². The first kappa shape index (κ1) is 22.5. The fraction of sp³-hybridized carbons (Fsp3) is 0.130. The van der Waals surface area contributed by atoms with Crippen LogP contribution in [0, 0.1) is 11.3 Å². The number of esters is 1. The summed E-state index contributed by atoms with van der Waals surface area (Å²) in [6.45, 7) is 0.257. The van der Waals surface area contributed by atoms with Gasteiger partial charge in [-0.15, -0.1) is 11.3 Å². The highest BCUT2D eigenvalue weighted by atomic mass is 32.1. The zero-order valence-electron chi connectivity index (χ0n) is 17.3. The predicted octanol–water partition coefficient (Wildman–Crippen LogP) is 4.06. The number of carbonyl (C=O) groups is 2. The van der Waals surface area contributed by atoms with Gasteiger partial charge in [-0.25, -0.2) is 9.78 Å². The van der Waals surface area contributed by atoms with Crippen molar-refractivity contribution in [1.82, 2.24) is 4.98 Å². The summed E-state index contributed by atoms with van der Waals surface area (Å²) < 4.78 is 15.9. The van der Waals surface area contributed by atoms with Crippen molar-refractivity contribution in [3.63, 3.8) is 0 Å². The maximum Gasteiger partial charge on any atom is 0.337 e. The minimum absolute atomic E-state index is 0.0679. The van der Waals surface area contributed by atoms with Gasteiger partial charge in [0.1, 0.15) is 18.2 Å². The summed E-state index contributed by atoms with van der Waals surface area (Å²) in [7, 11) is 2.83. The number of anilines is 1. The van der Waals surface area contributed by atoms with Crippen molar-refractivity contribution >= 4 is 34.4 Å². The summed E-state index contributed by atoms with van der Waals surface area (Å²) in [5.74, 6) is -0.00742. The Bertz CT molecular complexity index is 1170. The van der Waals surface area contributed by atoms with E-state index in [2.05, 4.69) is 15.0 Å². The van der Waals surface area contributed by atoms with E-state index in [0.29, 0.717) is 27.8 Å². The molecule has 9 heteroatoms. The zero-order chi connectivity index (χ0) is 22.9. The Morgan fingerprint density at radius 3 is 2.56 bits per heavy atom. The molecule has 0 spiro atoms. The van der Waals surface area contributed by atoms with Gasteiger partial charge < -0.3 is 14.2 Å². The first-order valence-corrected chi connectivity index (χ1v) is 10.2. The standard InChI is InChI=1S/C23H19N3O5S/c1-29-20-12-16(11-18(13-24)21(27)26-23-25-9-10-32-23)5-8-19(20)31-14-15-3-6-17(7-4-15)22(28)30-2/h3-12H,14H2,1-2H3,(H,25,26,27)/b18-11+. The molecule has 3 rings (SSSR count). The number of thiazole rings is 1. The molecule has 1 N–H and O–H groups in total. The third-order valence-corrected chi connectivity index (χ3v) is 4.97. The van der Waals surface area contributed by atoms with E-state index in [-0.39, 0.29) is 12.2 Å². The van der Waals surface area contributed by atoms with Crippen molar-refractivity contribution < 1.29 is 23.8 Å². The first-order chi connectivity index (χ1) is 15.5. The number of amides is 1. The maximum absolute atomic E-state index is 12.3. The summed E-state index contributed by atoms with van der Waals surface area (Å²) in [6, 6.07) is 13.9. The molecule has 0 unspecified atom stereocenters. The highest BCUT2D eigenvalue weighted by Crippen LogP contribution is 2.30. The van der Waals surface area contributed by atoms with E-state index in [4.69, 9.17) is 9.47 Å². The lowest BCUT2D eigenvalue weighted by Crippen LogP contribution is -2.13. The Kier molecular flexibility index (Phi) is 7.56. The molecule has 0 aliphatic rings. The number of hydrogen-bond donors (Lipinski definition) is 1. The topological polar surface area (TPSA) is 111 Å². The van der Waals surface area contributed by atoms with E-state index < -0.39 is 11.9 Å². The van der Waals surface area contributed by atoms with Crippen LogP contribution in [0.4, 0.5) is 5.13 Å². The van der Waals surface area contributed by atoms with Gasteiger partial charge in [0.25, 0.3) is 5.91 Å². The average molecular weight is 449 g/mol. The molecule has 3 aromatic rings. The van der Waals surface area contributed by atoms with Crippen LogP contribution in [0.3, 0.4) is 0 Å². The second-order valence-electron chi connectivity index (χ2n) is 6.35. The molecule has 0 aliphatic carbocycles. The molecular formula is C23H19N3O5S. The van der Waals surface area contributed by atoms with E-state index in [0.717, 1.165) is 5.56 Å². The Hall–Kier alpha value is -4.16. The van der Waals surface area contributed by atoms with Gasteiger partial charge in [0.05, 0.1) is 19.8 Å². The second kappa shape index (κ2) is 10.7. The van der Waals surface area contributed by atoms with Gasteiger partial charge in [0.15, 0.2) is 16.6 Å². The third-order valence-electron chi connectivity index (χ3n) is 4.29. The number of hydrogen-bond acceptors (Lipinski definition) is 8. The molecule has 1 aromatic heterocycles. The van der Waals surface area contributed by atoms with E-state index in [1.807, 2.05) is 6.07 Å². The van der Waals surface area contributed by atoms with Crippen molar-refractivity contribution in [2.45, 2.75) is 6.61 Å². The van der Waals surface area contributed by atoms with Crippen LogP contribution in [-0.4, -0.2) is 31.1 Å². The third kappa shape index (κ3) is 5.71. The van der Waals surface area contributed by atoms with Gasteiger partial charge in [-0.2, -0.15) is 5.26 Å². The molecule has 0 radical (unpaired) electrons. The molecule has 8 nitrogen and oxygen atoms in total. The molecule has 32 heavy (non-hydrogen) atoms. The molecule has 2 aromatic carbocycles. The summed E-state index contributed by atoms with van der Waals surface area (Å²) in [5.41, 5.74) is 1.84. The number of ether oxygens (including phenoxy) is 3. The number of aromatic nitrogens is 1. The summed E-state index contributed by atoms with van der Waals surface area (Å²) in [4.78, 5) is 27.8. The lowest BCUT2D eigenvalue weighted by molar-refractivity contribution is -0.112. The molecule has 0 fully saturated rings. The van der Waals surface area contributed by atoms with E-state index in [9.17, 15) is 14.9 Å². The lowest BCUT2D eigenvalue weighted by Gasteiger charge is -2.12. The Balaban J connectivity index is 1.71. The second-order valence-corrected chi connectivity index (χ2v) is 7.24. The smallest absolute Gasteiger partial charge is 0.337 e. The minimum Gasteiger partial charge on any atom is -0.493 e. The summed E-state index contributed by atoms with van der Waals surface area (Å²) in [5, 5.41) is 14.1. The zero-order valence-corrected chi connectivity index (χ0v) is 18.1. The fourth-order valence-electron chi connectivity index (χ4n) is 2.67. The van der Waals surface area contributed by atoms with Crippen LogP contribution >= 0.6 is 11.3 Å². The SMILES string of the molecule is COC(=O)c1ccc(COc2ccc(/C=C(\C#N)C(=O)Nc3nccs3)cc2OC)cc1. The number of nitrogens with zero attached hydrogens (tertiary/aromatic N) is 2. The van der Waals surface area contributed by atoms with Crippen molar-refractivity contribution in [2.24, 2.45) is 0 Å². The number of rotatable bonds is 8. The highest BCUT2D eigenvalue weighted by Gasteiger charge is 2.12. The maximum atomic E-state index is 12.3. The predicted molar refractivity (Wildman–Crippen MR) is 119 cm³/mol. The molecule has 0 bridgehead atoms. The van der Waals surface area contributed by atoms with Crippen LogP contribution in [0.2, 0.25) is 0 Å². The Morgan fingerprint density at radius 2 is 1.94 bits per heavy atom. The molecule has 0 saturated heterocycles. The van der Waals surface area contributed by atoms with Gasteiger partial charge in [-0.1, -0.05) is 18.2 Å². The minimum atomic E-state index is -0.544. The average Bonchev–Trinajstić information content (AvgIpc) is 3.34. The first-order valence-electron chi connectivity index (χ1n) is 9.34. The van der Waals surface area contributed by atoms with Gasteiger partial charge in [0, 0.05) is 11.6 Å². The van der Waals surface area contributed by atoms with Crippen LogP contribution in [0.1, 0.15) is 21.5 Å². The number of nitrogens with one attached hydrogen (secondary N) is 1. The van der Waals surface area contributed by atoms with Gasteiger partial charge in [-0.05, 0) is 41.5 Å². The summed E-state index contributed by atoms with van der Waals surface area (Å²) >= 11 is 1.26. The van der Waals surface area contributed by atoms with Gasteiger partial charge in [-0.3, -0.25) is 10.1 Å². The normalized spacial score (nSPS) is 10.7. The highest BCUT2D eigenvalue weighted by molar-refractivity contribution is 7.13. The number of carbonyl (C=O) groups excluding carboxylic acids is 2. The van der Waals surface area contributed by atoms with E-state index >= 15 is 0 Å². The van der Waals surface area contributed by atoms with E-state index in [1.165, 1.54) is 31.6 Å². The lowest BCUT2D eigenvalue weighted by atomic mass is 10.1. The molecular weight excluding hydrogens is 430 g/mol. The molecule has 1 amide bonds. The van der Waals surface area contributed by atoms with E-state index in [1.54, 1.807) is 54.0 Å². The van der Waals surface area contributed by atoms with Crippen molar-refractivity contribution in [3.8, 4) is 17.6 Å². The quantitative estimate of drug-likeness (QED) is 0.314. The molecule has 0 saturated carbocycles. The largest absolute Gasteiger partial charge is 0.493 e. The van der Waals surface area contributed by atoms with Crippen LogP contribution in [0.5, 0.6) is 11.5 Å². The number of benzene rings is 2. The fourth-order valence-corrected chi connectivity index (χ4v) is 3.20. The number of methoxy groups -OCH3 is 2. The Morgan fingerprint density at radius 1 is 1.16 bits per heavy atom. The monoisotopic (exact) mass is 449 g/mol. The van der Waals surface area contributed by atoms with Gasteiger partial charge in [0.2, 0.25) is 0 Å². The Labute approximate surface area is 188 Å². The summed E-state index contributed by atoms with van der Waals surface area (Å²) in [6.07, 6.45) is 3.02. The molecule has 162 valence electrons. The molecule has 1 heterocycles. The van der Waals surface area contributed by atoms with Crippen molar-refractivity contribution in [2.75, 3.05) is 19.5 Å². The molecule has 0 aliphatic heterocycles. The van der Waals surface area contributed by atoms with Crippen LogP contribution in [0.15, 0.2) is 59.6 Å². The van der Waals surface area contributed by atoms with Crippen molar-refractivity contribution in [3.05, 3.63) is 76.3 Å². The van der Waals surface area contributed by atoms with Gasteiger partial charge >= 0.3 is 5.97 Å². The number of nitriles is 1. The van der Waals surface area contributed by atoms with Crippen LogP contribution in [-0.2, 0) is 16.1 Å². The molecule has 0 atom stereocenters. The van der Waals surface area contributed by atoms with Crippen LogP contribution in [0.25, 0.3) is 6.08 Å². The van der Waals surface area contributed by atoms with Crippen molar-refractivity contribution in [1.29, 1.82) is 5.26 Å².